The van der Waals surface area contributed by atoms with Crippen molar-refractivity contribution in [3.8, 4) is 0 Å². The topological polar surface area (TPSA) is 43.4 Å². The van der Waals surface area contributed by atoms with Crippen LogP contribution in [0.4, 0.5) is 0 Å². The van der Waals surface area contributed by atoms with Crippen molar-refractivity contribution >= 4 is 28.2 Å². The van der Waals surface area contributed by atoms with E-state index < -0.39 is 10.8 Å². The van der Waals surface area contributed by atoms with E-state index in [0.29, 0.717) is 6.29 Å². The molecule has 0 amide bonds. The molecule has 0 aliphatic heterocycles. The zero-order chi connectivity index (χ0) is 8.15. The maximum atomic E-state index is 10.7. The molecule has 0 heterocycles. The van der Waals surface area contributed by atoms with Gasteiger partial charge in [0.1, 0.15) is 11.1 Å². The highest BCUT2D eigenvalue weighted by atomic mass is 79.9. The van der Waals surface area contributed by atoms with Crippen molar-refractivity contribution in [1.82, 2.24) is 0 Å². The Morgan fingerprint density at radius 3 is 2.50 bits per heavy atom. The average Bonchev–Trinajstić information content (AvgIpc) is 2.00. The third kappa shape index (κ3) is 2.47. The Hall–Kier alpha value is -0.380. The molecule has 0 aromatic carbocycles. The highest BCUT2D eigenvalue weighted by molar-refractivity contribution is 9.10. The molecule has 4 heteroatoms. The van der Waals surface area contributed by atoms with Crippen LogP contribution in [0.5, 0.6) is 0 Å². The molecule has 0 radical (unpaired) electrons. The number of methoxy groups -OCH3 is 1. The van der Waals surface area contributed by atoms with Crippen molar-refractivity contribution in [3.05, 3.63) is 0 Å². The summed E-state index contributed by atoms with van der Waals surface area (Å²) in [4.78, 5) is 20.3. The van der Waals surface area contributed by atoms with Gasteiger partial charge in [0.2, 0.25) is 0 Å². The monoisotopic (exact) mass is 208 g/mol. The minimum atomic E-state index is -0.519. The molecule has 0 aromatic heterocycles. The van der Waals surface area contributed by atoms with E-state index in [4.69, 9.17) is 0 Å². The lowest BCUT2D eigenvalue weighted by molar-refractivity contribution is -0.141. The number of aldehydes is 1. The molecule has 0 saturated carbocycles. The van der Waals surface area contributed by atoms with Crippen LogP contribution in [0, 0.1) is 5.92 Å². The summed E-state index contributed by atoms with van der Waals surface area (Å²) < 4.78 is 4.39. The molecule has 10 heavy (non-hydrogen) atoms. The number of hydrogen-bond donors (Lipinski definition) is 0. The molecule has 0 aliphatic carbocycles. The van der Waals surface area contributed by atoms with Crippen LogP contribution in [-0.4, -0.2) is 24.2 Å². The second kappa shape index (κ2) is 4.44. The fourth-order valence-electron chi connectivity index (χ4n) is 0.396. The van der Waals surface area contributed by atoms with E-state index in [1.165, 1.54) is 7.11 Å². The van der Waals surface area contributed by atoms with Crippen molar-refractivity contribution in [3.63, 3.8) is 0 Å². The lowest BCUT2D eigenvalue weighted by Crippen LogP contribution is -2.23. The van der Waals surface area contributed by atoms with Gasteiger partial charge < -0.3 is 9.53 Å². The highest BCUT2D eigenvalue weighted by Gasteiger charge is 2.21. The summed E-state index contributed by atoms with van der Waals surface area (Å²) in [6.07, 6.45) is 0.705. The van der Waals surface area contributed by atoms with E-state index in [9.17, 15) is 9.59 Å². The SMILES string of the molecule is COC(=O)C(Br)C(C)C=O. The molecule has 0 bridgehead atoms. The van der Waals surface area contributed by atoms with E-state index in [-0.39, 0.29) is 5.92 Å². The molecule has 0 fully saturated rings. The van der Waals surface area contributed by atoms with Crippen LogP contribution >= 0.6 is 15.9 Å². The molecular weight excluding hydrogens is 200 g/mol. The van der Waals surface area contributed by atoms with E-state index in [1.54, 1.807) is 6.92 Å². The Bertz CT molecular complexity index is 135. The maximum absolute atomic E-state index is 10.7. The molecule has 2 unspecified atom stereocenters. The summed E-state index contributed by atoms with van der Waals surface area (Å²) in [5.41, 5.74) is 0. The van der Waals surface area contributed by atoms with E-state index >= 15 is 0 Å². The second-order valence-corrected chi connectivity index (χ2v) is 2.91. The van der Waals surface area contributed by atoms with Gasteiger partial charge in [-0.05, 0) is 0 Å². The van der Waals surface area contributed by atoms with E-state index in [0.717, 1.165) is 0 Å². The highest BCUT2D eigenvalue weighted by Crippen LogP contribution is 2.11. The van der Waals surface area contributed by atoms with Crippen molar-refractivity contribution in [2.75, 3.05) is 7.11 Å². The molecule has 0 N–H and O–H groups in total. The van der Waals surface area contributed by atoms with Crippen LogP contribution < -0.4 is 0 Å². The average molecular weight is 209 g/mol. The Labute approximate surface area is 67.9 Å². The minimum Gasteiger partial charge on any atom is -0.468 e. The molecule has 58 valence electrons. The predicted octanol–water partition coefficient (Wildman–Crippen LogP) is 0.758. The molecule has 0 rings (SSSR count). The van der Waals surface area contributed by atoms with Crippen LogP contribution in [0.1, 0.15) is 6.92 Å². The zero-order valence-corrected chi connectivity index (χ0v) is 7.42. The number of alkyl halides is 1. The van der Waals surface area contributed by atoms with Crippen LogP contribution in [0.3, 0.4) is 0 Å². The second-order valence-electron chi connectivity index (χ2n) is 1.92. The number of halogens is 1. The molecule has 0 spiro atoms. The summed E-state index contributed by atoms with van der Waals surface area (Å²) in [5, 5.41) is 0. The maximum Gasteiger partial charge on any atom is 0.320 e. The van der Waals surface area contributed by atoms with E-state index in [2.05, 4.69) is 20.7 Å². The Morgan fingerprint density at radius 2 is 2.20 bits per heavy atom. The molecular formula is C6H9BrO3. The van der Waals surface area contributed by atoms with Crippen LogP contribution in [0.25, 0.3) is 0 Å². The molecule has 0 aromatic rings. The largest absolute Gasteiger partial charge is 0.468 e. The predicted molar refractivity (Wildman–Crippen MR) is 40.0 cm³/mol. The lowest BCUT2D eigenvalue weighted by atomic mass is 10.1. The summed E-state index contributed by atoms with van der Waals surface area (Å²) in [6.45, 7) is 1.64. The number of carbonyl (C=O) groups excluding carboxylic acids is 2. The van der Waals surface area contributed by atoms with Crippen molar-refractivity contribution < 1.29 is 14.3 Å². The van der Waals surface area contributed by atoms with Crippen molar-refractivity contribution in [2.45, 2.75) is 11.8 Å². The number of rotatable bonds is 3. The summed E-state index contributed by atoms with van der Waals surface area (Å²) in [5.74, 6) is -0.757. The fraction of sp³-hybridized carbons (Fsp3) is 0.667. The van der Waals surface area contributed by atoms with Crippen LogP contribution in [-0.2, 0) is 14.3 Å². The van der Waals surface area contributed by atoms with E-state index in [1.807, 2.05) is 0 Å². The molecule has 0 saturated heterocycles. The first-order valence-corrected chi connectivity index (χ1v) is 3.72. The Balaban J connectivity index is 3.93. The van der Waals surface area contributed by atoms with Gasteiger partial charge in [-0.25, -0.2) is 0 Å². The molecule has 0 aliphatic rings. The Morgan fingerprint density at radius 1 is 1.70 bits per heavy atom. The fourth-order valence-corrected chi connectivity index (χ4v) is 0.708. The van der Waals surface area contributed by atoms with Gasteiger partial charge in [-0.2, -0.15) is 0 Å². The molecule has 2 atom stereocenters. The number of hydrogen-bond acceptors (Lipinski definition) is 3. The van der Waals surface area contributed by atoms with Gasteiger partial charge in [0.05, 0.1) is 7.11 Å². The number of esters is 1. The molecule has 3 nitrogen and oxygen atoms in total. The first kappa shape index (κ1) is 9.62. The quantitative estimate of drug-likeness (QED) is 0.391. The van der Waals surface area contributed by atoms with Crippen molar-refractivity contribution in [1.29, 1.82) is 0 Å². The van der Waals surface area contributed by atoms with Gasteiger partial charge >= 0.3 is 5.97 Å². The third-order valence-corrected chi connectivity index (χ3v) is 2.31. The van der Waals surface area contributed by atoms with Gasteiger partial charge in [-0.15, -0.1) is 0 Å². The van der Waals surface area contributed by atoms with Gasteiger partial charge in [-0.1, -0.05) is 22.9 Å². The van der Waals surface area contributed by atoms with Gasteiger partial charge in [0.25, 0.3) is 0 Å². The minimum absolute atomic E-state index is 0.340. The summed E-state index contributed by atoms with van der Waals surface area (Å²) in [6, 6.07) is 0. The van der Waals surface area contributed by atoms with Crippen LogP contribution in [0.15, 0.2) is 0 Å². The van der Waals surface area contributed by atoms with Crippen LogP contribution in [0.2, 0.25) is 0 Å². The zero-order valence-electron chi connectivity index (χ0n) is 5.83. The number of carbonyl (C=O) groups is 2. The van der Waals surface area contributed by atoms with Gasteiger partial charge in [-0.3, -0.25) is 4.79 Å². The summed E-state index contributed by atoms with van der Waals surface area (Å²) in [7, 11) is 1.29. The Kier molecular flexibility index (Phi) is 4.27. The third-order valence-electron chi connectivity index (χ3n) is 1.10. The van der Waals surface area contributed by atoms with Crippen molar-refractivity contribution in [2.24, 2.45) is 5.92 Å². The summed E-state index contributed by atoms with van der Waals surface area (Å²) >= 11 is 3.02. The van der Waals surface area contributed by atoms with Gasteiger partial charge in [0, 0.05) is 5.92 Å². The lowest BCUT2D eigenvalue weighted by Gasteiger charge is -2.08. The standard InChI is InChI=1S/C6H9BrO3/c1-4(3-8)5(7)6(9)10-2/h3-5H,1-2H3. The smallest absolute Gasteiger partial charge is 0.320 e. The first-order chi connectivity index (χ1) is 4.63. The van der Waals surface area contributed by atoms with Gasteiger partial charge in [0.15, 0.2) is 0 Å². The normalized spacial score (nSPS) is 15.5. The number of ether oxygens (including phenoxy) is 1. The first-order valence-electron chi connectivity index (χ1n) is 2.80.